The monoisotopic (exact) mass is 432 g/mol. The molecule has 2 aromatic heterocycles. The zero-order valence-electron chi connectivity index (χ0n) is 18.5. The average molecular weight is 433 g/mol. The van der Waals surface area contributed by atoms with Crippen molar-refractivity contribution in [2.45, 2.75) is 33.0 Å². The first kappa shape index (κ1) is 21.4. The van der Waals surface area contributed by atoms with E-state index in [1.165, 1.54) is 0 Å². The lowest BCUT2D eigenvalue weighted by molar-refractivity contribution is 0.475. The highest BCUT2D eigenvalue weighted by atomic mass is 16.3. The number of aromatic nitrogens is 3. The Kier molecular flexibility index (Phi) is 6.34. The van der Waals surface area contributed by atoms with Gasteiger partial charge in [0.15, 0.2) is 11.5 Å². The van der Waals surface area contributed by atoms with Crippen LogP contribution in [0.25, 0.3) is 11.2 Å². The molecule has 0 radical (unpaired) electrons. The van der Waals surface area contributed by atoms with Crippen molar-refractivity contribution in [3.63, 3.8) is 0 Å². The lowest BCUT2D eigenvalue weighted by atomic mass is 10.1. The molecule has 3 heterocycles. The molecule has 0 spiro atoms. The zero-order valence-corrected chi connectivity index (χ0v) is 18.5. The van der Waals surface area contributed by atoms with Crippen LogP contribution in [0.1, 0.15) is 19.4 Å². The summed E-state index contributed by atoms with van der Waals surface area (Å²) in [5.74, 6) is 1.88. The van der Waals surface area contributed by atoms with E-state index in [2.05, 4.69) is 44.3 Å². The minimum absolute atomic E-state index is 0.211. The number of aromatic hydroxyl groups is 1. The van der Waals surface area contributed by atoms with Gasteiger partial charge in [-0.2, -0.15) is 0 Å². The summed E-state index contributed by atoms with van der Waals surface area (Å²) in [5.41, 5.74) is 3.56. The SMILES string of the molecule is CN/C(NCCc1ccc(O)cc1)=C1/N=CN(C(C)C)/C1=N/Cn1cnc2cccnc21. The number of aliphatic imine (C=N–C) groups is 2. The summed E-state index contributed by atoms with van der Waals surface area (Å²) in [5, 5.41) is 16.1. The van der Waals surface area contributed by atoms with Crippen molar-refractivity contribution < 1.29 is 5.11 Å². The van der Waals surface area contributed by atoms with Gasteiger partial charge in [-0.1, -0.05) is 12.1 Å². The van der Waals surface area contributed by atoms with Crippen LogP contribution in [-0.2, 0) is 13.1 Å². The molecule has 1 aliphatic rings. The largest absolute Gasteiger partial charge is 0.508 e. The molecule has 0 saturated heterocycles. The summed E-state index contributed by atoms with van der Waals surface area (Å²) in [4.78, 5) is 20.4. The molecule has 0 fully saturated rings. The maximum Gasteiger partial charge on any atom is 0.161 e. The Bertz CT molecular complexity index is 1160. The number of nitrogens with one attached hydrogen (secondary N) is 2. The van der Waals surface area contributed by atoms with Crippen LogP contribution in [0, 0.1) is 0 Å². The number of rotatable bonds is 8. The van der Waals surface area contributed by atoms with Crippen LogP contribution in [0.15, 0.2) is 70.4 Å². The lowest BCUT2D eigenvalue weighted by Crippen LogP contribution is -2.35. The van der Waals surface area contributed by atoms with E-state index in [0.29, 0.717) is 13.2 Å². The molecule has 9 nitrogen and oxygen atoms in total. The molecule has 9 heteroatoms. The van der Waals surface area contributed by atoms with Gasteiger partial charge in [0, 0.05) is 25.8 Å². The molecule has 0 bridgehead atoms. The number of hydrogen-bond donors (Lipinski definition) is 3. The molecule has 3 N–H and O–H groups in total. The summed E-state index contributed by atoms with van der Waals surface area (Å²) in [7, 11) is 1.87. The van der Waals surface area contributed by atoms with Gasteiger partial charge in [-0.3, -0.25) is 4.57 Å². The third-order valence-corrected chi connectivity index (χ3v) is 5.21. The van der Waals surface area contributed by atoms with E-state index < -0.39 is 0 Å². The second kappa shape index (κ2) is 9.51. The smallest absolute Gasteiger partial charge is 0.161 e. The predicted octanol–water partition coefficient (Wildman–Crippen LogP) is 2.47. The Labute approximate surface area is 187 Å². The number of phenols is 1. The van der Waals surface area contributed by atoms with Crippen LogP contribution in [0.4, 0.5) is 0 Å². The number of nitrogens with zero attached hydrogens (tertiary/aromatic N) is 6. The van der Waals surface area contributed by atoms with E-state index >= 15 is 0 Å². The van der Waals surface area contributed by atoms with Crippen LogP contribution in [0.3, 0.4) is 0 Å². The molecule has 1 aromatic carbocycles. The van der Waals surface area contributed by atoms with E-state index in [-0.39, 0.29) is 11.8 Å². The van der Waals surface area contributed by atoms with Gasteiger partial charge >= 0.3 is 0 Å². The van der Waals surface area contributed by atoms with E-state index in [9.17, 15) is 5.11 Å². The summed E-state index contributed by atoms with van der Waals surface area (Å²) in [6.07, 6.45) is 6.16. The Balaban J connectivity index is 1.55. The molecule has 0 amide bonds. The highest BCUT2D eigenvalue weighted by Crippen LogP contribution is 2.18. The second-order valence-corrected chi connectivity index (χ2v) is 7.75. The van der Waals surface area contributed by atoms with Crippen LogP contribution < -0.4 is 10.6 Å². The molecule has 0 saturated carbocycles. The summed E-state index contributed by atoms with van der Waals surface area (Å²) in [6, 6.07) is 11.3. The molecule has 1 aliphatic heterocycles. The van der Waals surface area contributed by atoms with Gasteiger partial charge in [-0.05, 0) is 50.1 Å². The zero-order chi connectivity index (χ0) is 22.5. The van der Waals surface area contributed by atoms with Gasteiger partial charge < -0.3 is 20.6 Å². The third kappa shape index (κ3) is 4.56. The van der Waals surface area contributed by atoms with Crippen molar-refractivity contribution in [1.82, 2.24) is 30.1 Å². The van der Waals surface area contributed by atoms with Crippen LogP contribution in [0.5, 0.6) is 5.75 Å². The van der Waals surface area contributed by atoms with Gasteiger partial charge in [0.1, 0.15) is 29.5 Å². The highest BCUT2D eigenvalue weighted by Gasteiger charge is 2.25. The van der Waals surface area contributed by atoms with Gasteiger partial charge in [0.2, 0.25) is 0 Å². The number of fused-ring (bicyclic) bond motifs is 1. The summed E-state index contributed by atoms with van der Waals surface area (Å²) in [6.45, 7) is 5.32. The second-order valence-electron chi connectivity index (χ2n) is 7.75. The first-order valence-corrected chi connectivity index (χ1v) is 10.6. The van der Waals surface area contributed by atoms with Crippen molar-refractivity contribution in [3.8, 4) is 5.75 Å². The molecule has 4 rings (SSSR count). The number of benzene rings is 1. The van der Waals surface area contributed by atoms with Crippen molar-refractivity contribution in [2.75, 3.05) is 13.6 Å². The highest BCUT2D eigenvalue weighted by molar-refractivity contribution is 6.09. The molecular weight excluding hydrogens is 404 g/mol. The van der Waals surface area contributed by atoms with E-state index in [1.807, 2.05) is 42.2 Å². The molecule has 0 aliphatic carbocycles. The topological polar surface area (TPSA) is 103 Å². The number of imidazole rings is 1. The minimum Gasteiger partial charge on any atom is -0.508 e. The first-order valence-electron chi connectivity index (χ1n) is 10.6. The van der Waals surface area contributed by atoms with E-state index in [4.69, 9.17) is 4.99 Å². The van der Waals surface area contributed by atoms with Gasteiger partial charge in [-0.25, -0.2) is 20.0 Å². The average Bonchev–Trinajstić information content (AvgIpc) is 3.41. The number of hydrogen-bond acceptors (Lipinski definition) is 7. The molecular formula is C23H28N8O. The van der Waals surface area contributed by atoms with Gasteiger partial charge in [0.05, 0.1) is 12.7 Å². The number of phenolic OH excluding ortho intramolecular Hbond substituents is 1. The lowest BCUT2D eigenvalue weighted by Gasteiger charge is -2.21. The van der Waals surface area contributed by atoms with Crippen LogP contribution in [-0.4, -0.2) is 56.3 Å². The summed E-state index contributed by atoms with van der Waals surface area (Å²) >= 11 is 0. The van der Waals surface area contributed by atoms with Crippen molar-refractivity contribution in [1.29, 1.82) is 0 Å². The number of pyridine rings is 1. The fourth-order valence-electron chi connectivity index (χ4n) is 3.49. The van der Waals surface area contributed by atoms with E-state index in [1.54, 1.807) is 24.7 Å². The number of amidine groups is 1. The Morgan fingerprint density at radius 3 is 2.72 bits per heavy atom. The van der Waals surface area contributed by atoms with Crippen LogP contribution in [0.2, 0.25) is 0 Å². The van der Waals surface area contributed by atoms with Crippen LogP contribution >= 0.6 is 0 Å². The first-order chi connectivity index (χ1) is 15.6. The minimum atomic E-state index is 0.211. The van der Waals surface area contributed by atoms with E-state index in [0.717, 1.165) is 40.5 Å². The van der Waals surface area contributed by atoms with Crippen molar-refractivity contribution >= 4 is 23.3 Å². The quantitative estimate of drug-likeness (QED) is 0.505. The molecule has 0 unspecified atom stereocenters. The Morgan fingerprint density at radius 2 is 1.97 bits per heavy atom. The Hall–Kier alpha value is -3.88. The maximum absolute atomic E-state index is 9.45. The predicted molar refractivity (Wildman–Crippen MR) is 126 cm³/mol. The third-order valence-electron chi connectivity index (χ3n) is 5.21. The molecule has 3 aromatic rings. The van der Waals surface area contributed by atoms with Gasteiger partial charge in [0.25, 0.3) is 0 Å². The molecule has 166 valence electrons. The molecule has 0 atom stereocenters. The standard InChI is InChI=1S/C23H28N8O/c1-16(2)31-15-28-20(21(24-3)25-12-10-17-6-8-18(32)9-7-17)23(31)29-14-30-13-27-19-5-4-11-26-22(19)30/h4-9,11,13,15-16,24-25,32H,10,12,14H2,1-3H3/b21-20-,29-23+. The maximum atomic E-state index is 9.45. The molecule has 32 heavy (non-hydrogen) atoms. The fourth-order valence-corrected chi connectivity index (χ4v) is 3.49. The van der Waals surface area contributed by atoms with Crippen molar-refractivity contribution in [2.24, 2.45) is 9.98 Å². The Morgan fingerprint density at radius 1 is 1.16 bits per heavy atom. The van der Waals surface area contributed by atoms with Crippen molar-refractivity contribution in [3.05, 3.63) is 66.0 Å². The fraction of sp³-hybridized carbons (Fsp3) is 0.304. The summed E-state index contributed by atoms with van der Waals surface area (Å²) < 4.78 is 1.92. The van der Waals surface area contributed by atoms with Gasteiger partial charge in [-0.15, -0.1) is 0 Å². The normalized spacial score (nSPS) is 16.4.